The molecule has 1 atom stereocenters. The Kier molecular flexibility index (Phi) is 4.51. The van der Waals surface area contributed by atoms with Gasteiger partial charge >= 0.3 is 0 Å². The first kappa shape index (κ1) is 14.4. The van der Waals surface area contributed by atoms with Gasteiger partial charge in [0.15, 0.2) is 0 Å². The molecule has 5 nitrogen and oxygen atoms in total. The van der Waals surface area contributed by atoms with Gasteiger partial charge in [-0.15, -0.1) is 0 Å². The van der Waals surface area contributed by atoms with Gasteiger partial charge in [-0.1, -0.05) is 36.5 Å². The smallest absolute Gasteiger partial charge is 0.216 e. The summed E-state index contributed by atoms with van der Waals surface area (Å²) in [5.74, 6) is -0.0545. The third kappa shape index (κ3) is 4.24. The van der Waals surface area contributed by atoms with E-state index in [9.17, 15) is 8.42 Å². The molecule has 0 amide bonds. The van der Waals surface area contributed by atoms with E-state index in [2.05, 4.69) is 4.72 Å². The summed E-state index contributed by atoms with van der Waals surface area (Å²) in [7, 11) is -3.35. The molecule has 0 aliphatic carbocycles. The summed E-state index contributed by atoms with van der Waals surface area (Å²) >= 11 is 4.84. The molecule has 7 heteroatoms. The van der Waals surface area contributed by atoms with Crippen molar-refractivity contribution >= 4 is 27.2 Å². The SMILES string of the molecule is NC(=S)c1ccc(CS(=O)(=O)NC2CCOC2)cc1. The van der Waals surface area contributed by atoms with Crippen LogP contribution in [0.15, 0.2) is 24.3 Å². The molecule has 1 unspecified atom stereocenters. The van der Waals surface area contributed by atoms with Crippen LogP contribution in [0.3, 0.4) is 0 Å². The van der Waals surface area contributed by atoms with Crippen molar-refractivity contribution in [3.05, 3.63) is 35.4 Å². The van der Waals surface area contributed by atoms with E-state index in [1.165, 1.54) is 0 Å². The lowest BCUT2D eigenvalue weighted by atomic mass is 10.1. The van der Waals surface area contributed by atoms with Gasteiger partial charge in [-0.05, 0) is 12.0 Å². The van der Waals surface area contributed by atoms with Crippen molar-refractivity contribution in [3.8, 4) is 0 Å². The number of nitrogens with one attached hydrogen (secondary N) is 1. The van der Waals surface area contributed by atoms with Crippen molar-refractivity contribution in [2.45, 2.75) is 18.2 Å². The minimum absolute atomic E-state index is 0.0545. The Hall–Kier alpha value is -1.02. The van der Waals surface area contributed by atoms with Crippen LogP contribution in [0.4, 0.5) is 0 Å². The fourth-order valence-electron chi connectivity index (χ4n) is 1.91. The highest BCUT2D eigenvalue weighted by Gasteiger charge is 2.22. The van der Waals surface area contributed by atoms with Gasteiger partial charge in [0.1, 0.15) is 4.99 Å². The van der Waals surface area contributed by atoms with Gasteiger partial charge in [-0.2, -0.15) is 0 Å². The Morgan fingerprint density at radius 1 is 1.42 bits per heavy atom. The van der Waals surface area contributed by atoms with E-state index in [1.807, 2.05) is 0 Å². The van der Waals surface area contributed by atoms with Gasteiger partial charge in [0.25, 0.3) is 0 Å². The molecule has 1 fully saturated rings. The van der Waals surface area contributed by atoms with Crippen LogP contribution in [0.1, 0.15) is 17.5 Å². The molecule has 1 aromatic rings. The van der Waals surface area contributed by atoms with Gasteiger partial charge in [0.2, 0.25) is 10.0 Å². The molecular formula is C12H16N2O3S2. The van der Waals surface area contributed by atoms with Gasteiger partial charge < -0.3 is 10.5 Å². The summed E-state index contributed by atoms with van der Waals surface area (Å²) in [4.78, 5) is 0.302. The van der Waals surface area contributed by atoms with E-state index in [0.29, 0.717) is 23.8 Å². The zero-order chi connectivity index (χ0) is 13.9. The first-order valence-corrected chi connectivity index (χ1v) is 7.99. The van der Waals surface area contributed by atoms with Gasteiger partial charge in [0.05, 0.1) is 12.4 Å². The molecule has 104 valence electrons. The van der Waals surface area contributed by atoms with Crippen LogP contribution in [-0.2, 0) is 20.5 Å². The molecule has 1 aromatic carbocycles. The summed E-state index contributed by atoms with van der Waals surface area (Å²) in [6.07, 6.45) is 0.722. The Morgan fingerprint density at radius 2 is 2.11 bits per heavy atom. The minimum Gasteiger partial charge on any atom is -0.389 e. The second kappa shape index (κ2) is 5.96. The fraction of sp³-hybridized carbons (Fsp3) is 0.417. The highest BCUT2D eigenvalue weighted by atomic mass is 32.2. The van der Waals surface area contributed by atoms with E-state index in [1.54, 1.807) is 24.3 Å². The monoisotopic (exact) mass is 300 g/mol. The number of rotatable bonds is 5. The summed E-state index contributed by atoms with van der Waals surface area (Å²) in [6, 6.07) is 6.79. The predicted octanol–water partition coefficient (Wildman–Crippen LogP) is 0.529. The Morgan fingerprint density at radius 3 is 2.63 bits per heavy atom. The normalized spacial score (nSPS) is 19.5. The average Bonchev–Trinajstić information content (AvgIpc) is 2.81. The molecule has 2 rings (SSSR count). The standard InChI is InChI=1S/C12H16N2O3S2/c13-12(18)10-3-1-9(2-4-10)8-19(15,16)14-11-5-6-17-7-11/h1-4,11,14H,5-8H2,(H2,13,18). The number of thiocarbonyl (C=S) groups is 1. The molecule has 1 heterocycles. The highest BCUT2D eigenvalue weighted by Crippen LogP contribution is 2.10. The first-order valence-electron chi connectivity index (χ1n) is 5.93. The summed E-state index contributed by atoms with van der Waals surface area (Å²) in [5.41, 5.74) is 6.92. The topological polar surface area (TPSA) is 81.4 Å². The first-order chi connectivity index (χ1) is 8.96. The summed E-state index contributed by atoms with van der Waals surface area (Å²) in [5, 5.41) is 0. The number of sulfonamides is 1. The second-order valence-electron chi connectivity index (χ2n) is 4.50. The van der Waals surface area contributed by atoms with Crippen LogP contribution in [0.2, 0.25) is 0 Å². The molecular weight excluding hydrogens is 284 g/mol. The van der Waals surface area contributed by atoms with E-state index in [0.717, 1.165) is 12.0 Å². The summed E-state index contributed by atoms with van der Waals surface area (Å²) < 4.78 is 31.7. The number of ether oxygens (including phenoxy) is 1. The van der Waals surface area contributed by atoms with Crippen LogP contribution in [0, 0.1) is 0 Å². The molecule has 0 radical (unpaired) electrons. The third-order valence-electron chi connectivity index (χ3n) is 2.87. The lowest BCUT2D eigenvalue weighted by Crippen LogP contribution is -2.35. The zero-order valence-corrected chi connectivity index (χ0v) is 12.0. The van der Waals surface area contributed by atoms with E-state index < -0.39 is 10.0 Å². The zero-order valence-electron chi connectivity index (χ0n) is 10.3. The molecule has 19 heavy (non-hydrogen) atoms. The van der Waals surface area contributed by atoms with Crippen molar-refractivity contribution in [1.82, 2.24) is 4.72 Å². The van der Waals surface area contributed by atoms with Crippen LogP contribution in [0.25, 0.3) is 0 Å². The maximum absolute atomic E-state index is 12.0. The molecule has 3 N–H and O–H groups in total. The van der Waals surface area contributed by atoms with E-state index in [4.69, 9.17) is 22.7 Å². The molecule has 1 aliphatic heterocycles. The van der Waals surface area contributed by atoms with Crippen LogP contribution in [-0.4, -0.2) is 32.7 Å². The third-order valence-corrected chi connectivity index (χ3v) is 4.51. The van der Waals surface area contributed by atoms with Crippen molar-refractivity contribution in [1.29, 1.82) is 0 Å². The van der Waals surface area contributed by atoms with E-state index >= 15 is 0 Å². The van der Waals surface area contributed by atoms with Crippen molar-refractivity contribution in [2.75, 3.05) is 13.2 Å². The predicted molar refractivity (Wildman–Crippen MR) is 77.3 cm³/mol. The number of nitrogens with two attached hydrogens (primary N) is 1. The average molecular weight is 300 g/mol. The van der Waals surface area contributed by atoms with Gasteiger partial charge in [0, 0.05) is 18.2 Å². The second-order valence-corrected chi connectivity index (χ2v) is 6.69. The van der Waals surface area contributed by atoms with Gasteiger partial charge in [-0.25, -0.2) is 13.1 Å². The minimum atomic E-state index is -3.35. The number of benzene rings is 1. The maximum atomic E-state index is 12.0. The lowest BCUT2D eigenvalue weighted by molar-refractivity contribution is 0.192. The fourth-order valence-corrected chi connectivity index (χ4v) is 3.45. The molecule has 0 bridgehead atoms. The van der Waals surface area contributed by atoms with Crippen LogP contribution >= 0.6 is 12.2 Å². The Balaban J connectivity index is 2.00. The van der Waals surface area contributed by atoms with Crippen molar-refractivity contribution in [2.24, 2.45) is 5.73 Å². The van der Waals surface area contributed by atoms with E-state index in [-0.39, 0.29) is 11.8 Å². The largest absolute Gasteiger partial charge is 0.389 e. The molecule has 0 aromatic heterocycles. The lowest BCUT2D eigenvalue weighted by Gasteiger charge is -2.11. The number of hydrogen-bond donors (Lipinski definition) is 2. The quantitative estimate of drug-likeness (QED) is 0.775. The molecule has 0 saturated carbocycles. The van der Waals surface area contributed by atoms with Crippen LogP contribution in [0.5, 0.6) is 0 Å². The Bertz CT molecular complexity index is 549. The molecule has 0 spiro atoms. The van der Waals surface area contributed by atoms with Crippen molar-refractivity contribution < 1.29 is 13.2 Å². The Labute approximate surface area is 118 Å². The maximum Gasteiger partial charge on any atom is 0.216 e. The highest BCUT2D eigenvalue weighted by molar-refractivity contribution is 7.88. The summed E-state index contributed by atoms with van der Waals surface area (Å²) in [6.45, 7) is 1.05. The van der Waals surface area contributed by atoms with Crippen molar-refractivity contribution in [3.63, 3.8) is 0 Å². The van der Waals surface area contributed by atoms with Crippen LogP contribution < -0.4 is 10.5 Å². The number of hydrogen-bond acceptors (Lipinski definition) is 4. The van der Waals surface area contributed by atoms with Gasteiger partial charge in [-0.3, -0.25) is 0 Å². The molecule has 1 aliphatic rings. The molecule has 1 saturated heterocycles.